The molecule has 0 saturated carbocycles. The van der Waals surface area contributed by atoms with Crippen LogP contribution in [-0.4, -0.2) is 59.7 Å². The Kier molecular flexibility index (Phi) is 5.85. The molecular weight excluding hydrogens is 400 g/mol. The van der Waals surface area contributed by atoms with E-state index >= 15 is 0 Å². The first-order chi connectivity index (χ1) is 14.9. The highest BCUT2D eigenvalue weighted by Crippen LogP contribution is 2.30. The topological polar surface area (TPSA) is 113 Å². The number of aliphatic hydroxyl groups excluding tert-OH is 1. The maximum atomic E-state index is 12.3. The highest BCUT2D eigenvalue weighted by molar-refractivity contribution is 5.99. The molecule has 0 bridgehead atoms. The van der Waals surface area contributed by atoms with Crippen molar-refractivity contribution in [3.05, 3.63) is 47.8 Å². The summed E-state index contributed by atoms with van der Waals surface area (Å²) in [7, 11) is 0. The Bertz CT molecular complexity index is 1020. The number of aliphatic hydroxyl groups is 1. The molecule has 1 aromatic carbocycles. The van der Waals surface area contributed by atoms with E-state index in [2.05, 4.69) is 15.5 Å². The van der Waals surface area contributed by atoms with Crippen LogP contribution in [0.2, 0.25) is 0 Å². The van der Waals surface area contributed by atoms with Crippen molar-refractivity contribution in [2.24, 2.45) is 5.16 Å². The molecule has 1 saturated heterocycles. The Hall–Kier alpha value is -3.46. The number of oxime groups is 1. The fourth-order valence-electron chi connectivity index (χ4n) is 3.63. The lowest BCUT2D eigenvalue weighted by molar-refractivity contribution is -0.119. The van der Waals surface area contributed by atoms with Gasteiger partial charge in [-0.3, -0.25) is 14.7 Å². The molecule has 0 aliphatic carbocycles. The molecule has 2 amide bonds. The lowest BCUT2D eigenvalue weighted by atomic mass is 10.0. The summed E-state index contributed by atoms with van der Waals surface area (Å²) in [6, 6.07) is 9.66. The molecule has 2 N–H and O–H groups in total. The third kappa shape index (κ3) is 4.51. The molecule has 31 heavy (non-hydrogen) atoms. The van der Waals surface area contributed by atoms with Gasteiger partial charge in [-0.25, -0.2) is 4.79 Å². The van der Waals surface area contributed by atoms with Crippen LogP contribution in [0.5, 0.6) is 0 Å². The molecular formula is C22H24N4O5. The van der Waals surface area contributed by atoms with Gasteiger partial charge in [-0.05, 0) is 36.2 Å². The lowest BCUT2D eigenvalue weighted by Crippen LogP contribution is -2.33. The second-order valence-corrected chi connectivity index (χ2v) is 7.64. The Balaban J connectivity index is 1.46. The number of aromatic nitrogens is 1. The molecule has 0 spiro atoms. The number of amides is 2. The quantitative estimate of drug-likeness (QED) is 0.733. The van der Waals surface area contributed by atoms with Gasteiger partial charge in [0.25, 0.3) is 0 Å². The second kappa shape index (κ2) is 8.73. The molecule has 4 rings (SSSR count). The SMILES string of the molecule is CC(=O)NC[C@H]1CN(c2ccc(-c3ccc(C4=NOC(CO)C4)nc3)cc2C)C(=O)O1. The maximum absolute atomic E-state index is 12.3. The number of cyclic esters (lactones) is 1. The van der Waals surface area contributed by atoms with Crippen molar-refractivity contribution in [3.8, 4) is 11.1 Å². The van der Waals surface area contributed by atoms with Crippen LogP contribution in [0.15, 0.2) is 41.7 Å². The zero-order valence-corrected chi connectivity index (χ0v) is 17.4. The van der Waals surface area contributed by atoms with Crippen LogP contribution in [0.4, 0.5) is 10.5 Å². The number of nitrogens with zero attached hydrogens (tertiary/aromatic N) is 3. The molecule has 162 valence electrons. The van der Waals surface area contributed by atoms with E-state index in [4.69, 9.17) is 14.7 Å². The Morgan fingerprint density at radius 2 is 2.06 bits per heavy atom. The molecule has 1 aromatic heterocycles. The predicted molar refractivity (Wildman–Crippen MR) is 114 cm³/mol. The number of carbonyl (C=O) groups excluding carboxylic acids is 2. The third-order valence-electron chi connectivity index (χ3n) is 5.27. The van der Waals surface area contributed by atoms with Gasteiger partial charge in [-0.1, -0.05) is 17.3 Å². The summed E-state index contributed by atoms with van der Waals surface area (Å²) in [4.78, 5) is 34.6. The van der Waals surface area contributed by atoms with Crippen molar-refractivity contribution in [1.29, 1.82) is 0 Å². The van der Waals surface area contributed by atoms with Crippen molar-refractivity contribution in [2.45, 2.75) is 32.5 Å². The number of hydrogen-bond acceptors (Lipinski definition) is 7. The fraction of sp³-hybridized carbons (Fsp3) is 0.364. The highest BCUT2D eigenvalue weighted by Gasteiger charge is 2.33. The maximum Gasteiger partial charge on any atom is 0.414 e. The van der Waals surface area contributed by atoms with Crippen LogP contribution >= 0.6 is 0 Å². The summed E-state index contributed by atoms with van der Waals surface area (Å²) >= 11 is 0. The van der Waals surface area contributed by atoms with Crippen LogP contribution in [0.25, 0.3) is 11.1 Å². The zero-order chi connectivity index (χ0) is 22.0. The zero-order valence-electron chi connectivity index (χ0n) is 17.4. The highest BCUT2D eigenvalue weighted by atomic mass is 16.6. The molecule has 2 aliphatic rings. The van der Waals surface area contributed by atoms with Gasteiger partial charge < -0.3 is 20.0 Å². The summed E-state index contributed by atoms with van der Waals surface area (Å²) in [5.41, 5.74) is 5.05. The van der Waals surface area contributed by atoms with E-state index in [1.165, 1.54) is 6.92 Å². The van der Waals surface area contributed by atoms with Gasteiger partial charge in [-0.2, -0.15) is 0 Å². The number of anilines is 1. The normalized spacial score (nSPS) is 20.3. The Morgan fingerprint density at radius 1 is 1.26 bits per heavy atom. The van der Waals surface area contributed by atoms with Gasteiger partial charge in [0.15, 0.2) is 6.10 Å². The van der Waals surface area contributed by atoms with E-state index in [-0.39, 0.29) is 24.7 Å². The van der Waals surface area contributed by atoms with Gasteiger partial charge in [0.1, 0.15) is 11.8 Å². The van der Waals surface area contributed by atoms with Gasteiger partial charge in [-0.15, -0.1) is 0 Å². The summed E-state index contributed by atoms with van der Waals surface area (Å²) < 4.78 is 5.35. The van der Waals surface area contributed by atoms with E-state index in [0.29, 0.717) is 19.5 Å². The van der Waals surface area contributed by atoms with E-state index in [0.717, 1.165) is 33.8 Å². The fourth-order valence-corrected chi connectivity index (χ4v) is 3.63. The molecule has 1 fully saturated rings. The minimum atomic E-state index is -0.419. The van der Waals surface area contributed by atoms with Crippen molar-refractivity contribution < 1.29 is 24.3 Å². The van der Waals surface area contributed by atoms with Crippen LogP contribution in [0, 0.1) is 6.92 Å². The molecule has 9 heteroatoms. The van der Waals surface area contributed by atoms with Crippen LogP contribution in [-0.2, 0) is 14.4 Å². The van der Waals surface area contributed by atoms with Crippen molar-refractivity contribution in [1.82, 2.24) is 10.3 Å². The van der Waals surface area contributed by atoms with Gasteiger partial charge in [0, 0.05) is 25.1 Å². The molecule has 0 radical (unpaired) electrons. The molecule has 2 aromatic rings. The van der Waals surface area contributed by atoms with E-state index in [1.54, 1.807) is 11.1 Å². The molecule has 2 atom stereocenters. The van der Waals surface area contributed by atoms with Gasteiger partial charge in [0.2, 0.25) is 5.91 Å². The average Bonchev–Trinajstić information content (AvgIpc) is 3.39. The number of pyridine rings is 1. The van der Waals surface area contributed by atoms with Gasteiger partial charge in [0.05, 0.1) is 31.1 Å². The van der Waals surface area contributed by atoms with Crippen LogP contribution in [0.3, 0.4) is 0 Å². The van der Waals surface area contributed by atoms with Crippen molar-refractivity contribution >= 4 is 23.4 Å². The average molecular weight is 424 g/mol. The first kappa shape index (κ1) is 20.8. The second-order valence-electron chi connectivity index (χ2n) is 7.64. The number of benzene rings is 1. The molecule has 3 heterocycles. The molecule has 9 nitrogen and oxygen atoms in total. The van der Waals surface area contributed by atoms with E-state index in [9.17, 15) is 9.59 Å². The smallest absolute Gasteiger partial charge is 0.414 e. The summed E-state index contributed by atoms with van der Waals surface area (Å²) in [5, 5.41) is 15.8. The van der Waals surface area contributed by atoms with Gasteiger partial charge >= 0.3 is 6.09 Å². The first-order valence-electron chi connectivity index (χ1n) is 10.1. The number of ether oxygens (including phenoxy) is 1. The first-order valence-corrected chi connectivity index (χ1v) is 10.1. The minimum absolute atomic E-state index is 0.0742. The Labute approximate surface area is 179 Å². The Morgan fingerprint density at radius 3 is 2.71 bits per heavy atom. The van der Waals surface area contributed by atoms with E-state index < -0.39 is 6.09 Å². The van der Waals surface area contributed by atoms with E-state index in [1.807, 2.05) is 37.3 Å². The van der Waals surface area contributed by atoms with Crippen molar-refractivity contribution in [2.75, 3.05) is 24.6 Å². The minimum Gasteiger partial charge on any atom is -0.442 e. The van der Waals surface area contributed by atoms with Crippen molar-refractivity contribution in [3.63, 3.8) is 0 Å². The molecule has 2 aliphatic heterocycles. The third-order valence-corrected chi connectivity index (χ3v) is 5.27. The van der Waals surface area contributed by atoms with Crippen LogP contribution < -0.4 is 10.2 Å². The monoisotopic (exact) mass is 424 g/mol. The molecule has 1 unspecified atom stereocenters. The number of nitrogens with one attached hydrogen (secondary N) is 1. The standard InChI is InChI=1S/C22H24N4O5/c1-13-7-15(16-3-5-19(24-9-16)20-8-17(12-27)31-25-20)4-6-21(13)26-11-18(30-22(26)29)10-23-14(2)28/h3-7,9,17-18,27H,8,10-12H2,1-2H3,(H,23,28)/t17?,18-/m0/s1. The lowest BCUT2D eigenvalue weighted by Gasteiger charge is -2.17. The number of aryl methyl sites for hydroxylation is 1. The summed E-state index contributed by atoms with van der Waals surface area (Å²) in [6.07, 6.45) is 1.21. The number of rotatable bonds is 6. The number of hydrogen-bond donors (Lipinski definition) is 2. The van der Waals surface area contributed by atoms with Crippen LogP contribution in [0.1, 0.15) is 24.6 Å². The summed E-state index contributed by atoms with van der Waals surface area (Å²) in [6.45, 7) is 3.97. The summed E-state index contributed by atoms with van der Waals surface area (Å²) in [5.74, 6) is -0.157. The largest absolute Gasteiger partial charge is 0.442 e. The predicted octanol–water partition coefficient (Wildman–Crippen LogP) is 2.00. The number of carbonyl (C=O) groups is 2.